The van der Waals surface area contributed by atoms with Crippen LogP contribution in [0.1, 0.15) is 33.1 Å². The Balaban J connectivity index is 0.00000208. The third-order valence-electron chi connectivity index (χ3n) is 4.87. The van der Waals surface area contributed by atoms with Crippen LogP contribution in [-0.2, 0) is 15.1 Å². The molecule has 2 aliphatic heterocycles. The first-order valence-electron chi connectivity index (χ1n) is 8.73. The predicted molar refractivity (Wildman–Crippen MR) is 95.3 cm³/mol. The van der Waals surface area contributed by atoms with Crippen molar-refractivity contribution >= 4 is 18.3 Å². The molecule has 1 aromatic heterocycles. The average molecular weight is 357 g/mol. The van der Waals surface area contributed by atoms with Crippen LogP contribution in [0.15, 0.2) is 18.5 Å². The number of carbonyl (C=O) groups is 1. The highest BCUT2D eigenvalue weighted by molar-refractivity contribution is 5.85. The van der Waals surface area contributed by atoms with Gasteiger partial charge >= 0.3 is 0 Å². The van der Waals surface area contributed by atoms with Crippen LogP contribution in [0.25, 0.3) is 0 Å². The Morgan fingerprint density at radius 2 is 2.17 bits per heavy atom. The summed E-state index contributed by atoms with van der Waals surface area (Å²) in [4.78, 5) is 15.3. The number of nitrogens with zero attached hydrogens (tertiary/aromatic N) is 3. The summed E-state index contributed by atoms with van der Waals surface area (Å²) in [6.07, 6.45) is 6.38. The molecule has 7 heteroatoms. The SMILES string of the molecule is CC(C)COC1CCN(C(=O)C2(n3cccn3)CCNCC2)C1.Cl. The number of ether oxygens (including phenoxy) is 1. The first kappa shape index (κ1) is 19.2. The molecule has 0 radical (unpaired) electrons. The number of piperidine rings is 1. The number of hydrogen-bond acceptors (Lipinski definition) is 4. The second-order valence-corrected chi connectivity index (χ2v) is 7.12. The summed E-state index contributed by atoms with van der Waals surface area (Å²) in [5.41, 5.74) is -0.526. The van der Waals surface area contributed by atoms with Crippen LogP contribution in [0.5, 0.6) is 0 Å². The summed E-state index contributed by atoms with van der Waals surface area (Å²) >= 11 is 0. The molecule has 0 aromatic carbocycles. The van der Waals surface area contributed by atoms with E-state index in [0.717, 1.165) is 45.5 Å². The van der Waals surface area contributed by atoms with Crippen molar-refractivity contribution in [2.24, 2.45) is 5.92 Å². The molecular weight excluding hydrogens is 328 g/mol. The molecule has 1 atom stereocenters. The Morgan fingerprint density at radius 1 is 1.42 bits per heavy atom. The minimum atomic E-state index is -0.526. The molecule has 3 rings (SSSR count). The van der Waals surface area contributed by atoms with Crippen molar-refractivity contribution in [2.45, 2.75) is 44.8 Å². The molecule has 2 aliphatic rings. The van der Waals surface area contributed by atoms with E-state index in [1.165, 1.54) is 0 Å². The fourth-order valence-electron chi connectivity index (χ4n) is 3.57. The maximum atomic E-state index is 13.3. The monoisotopic (exact) mass is 356 g/mol. The van der Waals surface area contributed by atoms with Crippen molar-refractivity contribution in [1.82, 2.24) is 20.0 Å². The van der Waals surface area contributed by atoms with E-state index in [0.29, 0.717) is 12.5 Å². The van der Waals surface area contributed by atoms with Crippen LogP contribution < -0.4 is 5.32 Å². The fraction of sp³-hybridized carbons (Fsp3) is 0.765. The Morgan fingerprint density at radius 3 is 2.79 bits per heavy atom. The molecule has 24 heavy (non-hydrogen) atoms. The Labute approximate surface area is 150 Å². The van der Waals surface area contributed by atoms with Crippen LogP contribution in [0.2, 0.25) is 0 Å². The van der Waals surface area contributed by atoms with Crippen molar-refractivity contribution in [3.63, 3.8) is 0 Å². The molecule has 1 amide bonds. The van der Waals surface area contributed by atoms with Crippen molar-refractivity contribution in [3.8, 4) is 0 Å². The van der Waals surface area contributed by atoms with Crippen LogP contribution in [0.4, 0.5) is 0 Å². The first-order valence-corrected chi connectivity index (χ1v) is 8.73. The van der Waals surface area contributed by atoms with Gasteiger partial charge in [0.1, 0.15) is 5.54 Å². The van der Waals surface area contributed by atoms with Gasteiger partial charge in [-0.05, 0) is 44.3 Å². The third kappa shape index (κ3) is 3.92. The zero-order valence-electron chi connectivity index (χ0n) is 14.6. The molecule has 0 aliphatic carbocycles. The van der Waals surface area contributed by atoms with E-state index in [1.807, 2.05) is 21.8 Å². The van der Waals surface area contributed by atoms with E-state index in [9.17, 15) is 4.79 Å². The van der Waals surface area contributed by atoms with Gasteiger partial charge in [-0.25, -0.2) is 0 Å². The van der Waals surface area contributed by atoms with Crippen molar-refractivity contribution < 1.29 is 9.53 Å². The Kier molecular flexibility index (Phi) is 6.66. The Hall–Kier alpha value is -1.11. The maximum Gasteiger partial charge on any atom is 0.250 e. The smallest absolute Gasteiger partial charge is 0.250 e. The quantitative estimate of drug-likeness (QED) is 0.871. The van der Waals surface area contributed by atoms with Gasteiger partial charge in [-0.15, -0.1) is 12.4 Å². The van der Waals surface area contributed by atoms with Gasteiger partial charge in [-0.3, -0.25) is 9.48 Å². The zero-order valence-corrected chi connectivity index (χ0v) is 15.4. The van der Waals surface area contributed by atoms with Gasteiger partial charge < -0.3 is 15.0 Å². The largest absolute Gasteiger partial charge is 0.376 e. The topological polar surface area (TPSA) is 59.4 Å². The number of nitrogens with one attached hydrogen (secondary N) is 1. The van der Waals surface area contributed by atoms with Crippen LogP contribution in [0.3, 0.4) is 0 Å². The van der Waals surface area contributed by atoms with Gasteiger partial charge in [0.2, 0.25) is 0 Å². The van der Waals surface area contributed by atoms with Crippen LogP contribution in [0, 0.1) is 5.92 Å². The van der Waals surface area contributed by atoms with Gasteiger partial charge in [-0.2, -0.15) is 5.10 Å². The Bertz CT molecular complexity index is 515. The van der Waals surface area contributed by atoms with Crippen molar-refractivity contribution in [1.29, 1.82) is 0 Å². The van der Waals surface area contributed by atoms with E-state index in [2.05, 4.69) is 24.3 Å². The van der Waals surface area contributed by atoms with E-state index in [4.69, 9.17) is 4.74 Å². The summed E-state index contributed by atoms with van der Waals surface area (Å²) in [5, 5.41) is 7.75. The van der Waals surface area contributed by atoms with Crippen LogP contribution in [-0.4, -0.2) is 59.5 Å². The molecule has 136 valence electrons. The van der Waals surface area contributed by atoms with Gasteiger partial charge in [0, 0.05) is 32.1 Å². The van der Waals surface area contributed by atoms with Gasteiger partial charge in [0.25, 0.3) is 5.91 Å². The zero-order chi connectivity index (χ0) is 16.3. The highest BCUT2D eigenvalue weighted by Gasteiger charge is 2.45. The van der Waals surface area contributed by atoms with E-state index in [-0.39, 0.29) is 24.4 Å². The number of halogens is 1. The highest BCUT2D eigenvalue weighted by atomic mass is 35.5. The lowest BCUT2D eigenvalue weighted by Crippen LogP contribution is -2.55. The van der Waals surface area contributed by atoms with E-state index < -0.39 is 5.54 Å². The van der Waals surface area contributed by atoms with Gasteiger partial charge in [0.05, 0.1) is 6.10 Å². The number of carbonyl (C=O) groups excluding carboxylic acids is 1. The lowest BCUT2D eigenvalue weighted by molar-refractivity contribution is -0.142. The van der Waals surface area contributed by atoms with Gasteiger partial charge in [0.15, 0.2) is 0 Å². The molecule has 1 aromatic rings. The minimum absolute atomic E-state index is 0. The van der Waals surface area contributed by atoms with Crippen molar-refractivity contribution in [2.75, 3.05) is 32.8 Å². The summed E-state index contributed by atoms with van der Waals surface area (Å²) in [5.74, 6) is 0.734. The fourth-order valence-corrected chi connectivity index (χ4v) is 3.57. The molecule has 0 bridgehead atoms. The van der Waals surface area contributed by atoms with Crippen molar-refractivity contribution in [3.05, 3.63) is 18.5 Å². The summed E-state index contributed by atoms with van der Waals surface area (Å²) < 4.78 is 7.80. The molecular formula is C17H29ClN4O2. The average Bonchev–Trinajstić information content (AvgIpc) is 3.24. The molecule has 0 spiro atoms. The van der Waals surface area contributed by atoms with E-state index >= 15 is 0 Å². The number of likely N-dealkylation sites (tertiary alicyclic amines) is 1. The second kappa shape index (κ2) is 8.32. The number of hydrogen-bond donors (Lipinski definition) is 1. The summed E-state index contributed by atoms with van der Waals surface area (Å²) in [6, 6.07) is 1.90. The lowest BCUT2D eigenvalue weighted by atomic mass is 9.87. The molecule has 1 unspecified atom stereocenters. The highest BCUT2D eigenvalue weighted by Crippen LogP contribution is 2.31. The number of aromatic nitrogens is 2. The summed E-state index contributed by atoms with van der Waals surface area (Å²) in [7, 11) is 0. The molecule has 3 heterocycles. The first-order chi connectivity index (χ1) is 11.1. The molecule has 0 saturated carbocycles. The molecule has 2 saturated heterocycles. The van der Waals surface area contributed by atoms with E-state index in [1.54, 1.807) is 6.20 Å². The maximum absolute atomic E-state index is 13.3. The third-order valence-corrected chi connectivity index (χ3v) is 4.87. The number of amides is 1. The molecule has 2 fully saturated rings. The standard InChI is InChI=1S/C17H28N4O2.ClH/c1-14(2)13-23-15-4-11-20(12-15)16(22)17(5-8-18-9-6-17)21-10-3-7-19-21;/h3,7,10,14-15,18H,4-6,8-9,11-13H2,1-2H3;1H. The predicted octanol–water partition coefficient (Wildman–Crippen LogP) is 1.66. The summed E-state index contributed by atoms with van der Waals surface area (Å²) in [6.45, 7) is 8.28. The minimum Gasteiger partial charge on any atom is -0.376 e. The second-order valence-electron chi connectivity index (χ2n) is 7.12. The molecule has 6 nitrogen and oxygen atoms in total. The molecule has 1 N–H and O–H groups in total. The van der Waals surface area contributed by atoms with Gasteiger partial charge in [-0.1, -0.05) is 13.8 Å². The van der Waals surface area contributed by atoms with Crippen LogP contribution >= 0.6 is 12.4 Å². The lowest BCUT2D eigenvalue weighted by Gasteiger charge is -2.39. The number of rotatable bonds is 5. The normalized spacial score (nSPS) is 23.3.